The molecule has 0 N–H and O–H groups in total. The second-order valence-corrected chi connectivity index (χ2v) is 3.49. The molecule has 0 aromatic heterocycles. The molecule has 0 aliphatic heterocycles. The van der Waals surface area contributed by atoms with Gasteiger partial charge >= 0.3 is 48.2 Å². The first kappa shape index (κ1) is 6.56. The predicted octanol–water partition coefficient (Wildman–Crippen LogP) is 1.76. The number of hydrogen-bond donors (Lipinski definition) is 0. The minimum atomic E-state index is 0.836. The van der Waals surface area contributed by atoms with Gasteiger partial charge in [-0.2, -0.15) is 0 Å². The van der Waals surface area contributed by atoms with E-state index in [1.165, 1.54) is 12.8 Å². The SMILES string of the molecule is CCCC(C)[As]. The van der Waals surface area contributed by atoms with E-state index >= 15 is 0 Å². The Morgan fingerprint density at radius 3 is 2.17 bits per heavy atom. The van der Waals surface area contributed by atoms with E-state index in [0.29, 0.717) is 0 Å². The van der Waals surface area contributed by atoms with Crippen LogP contribution in [0.4, 0.5) is 0 Å². The summed E-state index contributed by atoms with van der Waals surface area (Å²) < 4.78 is 0.836. The minimum absolute atomic E-state index is 0.836. The van der Waals surface area contributed by atoms with Crippen molar-refractivity contribution < 1.29 is 0 Å². The summed E-state index contributed by atoms with van der Waals surface area (Å²) in [6.07, 6.45) is 2.66. The molecule has 0 saturated heterocycles. The van der Waals surface area contributed by atoms with Crippen molar-refractivity contribution in [3.8, 4) is 0 Å². The van der Waals surface area contributed by atoms with Crippen LogP contribution in [0.25, 0.3) is 0 Å². The van der Waals surface area contributed by atoms with Crippen LogP contribution in [0.1, 0.15) is 26.7 Å². The normalized spacial score (nSPS) is 14.5. The van der Waals surface area contributed by atoms with E-state index in [0.717, 1.165) is 4.71 Å². The van der Waals surface area contributed by atoms with Crippen LogP contribution in [-0.4, -0.2) is 16.9 Å². The van der Waals surface area contributed by atoms with Gasteiger partial charge in [0.2, 0.25) is 0 Å². The second kappa shape index (κ2) is 3.74. The molecule has 0 bridgehead atoms. The zero-order valence-electron chi connectivity index (χ0n) is 4.44. The van der Waals surface area contributed by atoms with Crippen molar-refractivity contribution in [2.45, 2.75) is 31.4 Å². The molecule has 2 radical (unpaired) electrons. The molecule has 0 aromatic rings. The molecule has 0 heterocycles. The van der Waals surface area contributed by atoms with E-state index in [1.807, 2.05) is 0 Å². The van der Waals surface area contributed by atoms with E-state index in [9.17, 15) is 0 Å². The van der Waals surface area contributed by atoms with Crippen molar-refractivity contribution in [1.29, 1.82) is 0 Å². The summed E-state index contributed by atoms with van der Waals surface area (Å²) in [6, 6.07) is 0. The van der Waals surface area contributed by atoms with Gasteiger partial charge in [-0.3, -0.25) is 0 Å². The van der Waals surface area contributed by atoms with Crippen molar-refractivity contribution in [1.82, 2.24) is 0 Å². The fourth-order valence-corrected chi connectivity index (χ4v) is 0.959. The van der Waals surface area contributed by atoms with Crippen molar-refractivity contribution in [2.24, 2.45) is 0 Å². The molecule has 6 heavy (non-hydrogen) atoms. The Balaban J connectivity index is 2.63. The van der Waals surface area contributed by atoms with Crippen molar-refractivity contribution in [3.05, 3.63) is 0 Å². The quantitative estimate of drug-likeness (QED) is 0.520. The molecular weight excluding hydrogens is 135 g/mol. The van der Waals surface area contributed by atoms with Crippen LogP contribution in [0.5, 0.6) is 0 Å². The Morgan fingerprint density at radius 1 is 1.67 bits per heavy atom. The van der Waals surface area contributed by atoms with Gasteiger partial charge in [-0.25, -0.2) is 0 Å². The van der Waals surface area contributed by atoms with Crippen LogP contribution in [0.15, 0.2) is 0 Å². The third-order valence-electron chi connectivity index (χ3n) is 0.706. The molecule has 0 aromatic carbocycles. The average molecular weight is 146 g/mol. The average Bonchev–Trinajstić information content (AvgIpc) is 1.35. The summed E-state index contributed by atoms with van der Waals surface area (Å²) in [5, 5.41) is 0. The molecule has 0 spiro atoms. The molecule has 0 aliphatic rings. The maximum absolute atomic E-state index is 2.65. The van der Waals surface area contributed by atoms with E-state index < -0.39 is 0 Å². The van der Waals surface area contributed by atoms with Crippen molar-refractivity contribution >= 4 is 16.9 Å². The topological polar surface area (TPSA) is 0 Å². The van der Waals surface area contributed by atoms with E-state index in [2.05, 4.69) is 30.7 Å². The van der Waals surface area contributed by atoms with E-state index in [-0.39, 0.29) is 0 Å². The number of rotatable bonds is 2. The molecule has 36 valence electrons. The first-order valence-corrected chi connectivity index (χ1v) is 3.53. The standard InChI is InChI=1S/C5H11As/c1-3-4-5(2)6/h5H,3-4H2,1-2H3. The first-order chi connectivity index (χ1) is 2.77. The Hall–Kier alpha value is 0.558. The molecule has 1 heteroatoms. The molecule has 1 atom stereocenters. The van der Waals surface area contributed by atoms with Gasteiger partial charge in [-0.05, 0) is 0 Å². The van der Waals surface area contributed by atoms with Gasteiger partial charge in [0, 0.05) is 0 Å². The zero-order valence-corrected chi connectivity index (χ0v) is 6.32. The summed E-state index contributed by atoms with van der Waals surface area (Å²) in [5.74, 6) is 0. The Labute approximate surface area is 48.8 Å². The summed E-state index contributed by atoms with van der Waals surface area (Å²) in [7, 11) is 0. The number of hydrogen-bond acceptors (Lipinski definition) is 0. The van der Waals surface area contributed by atoms with Crippen LogP contribution >= 0.6 is 0 Å². The summed E-state index contributed by atoms with van der Waals surface area (Å²) in [6.45, 7) is 4.44. The molecule has 1 unspecified atom stereocenters. The van der Waals surface area contributed by atoms with Gasteiger partial charge in [-0.15, -0.1) is 0 Å². The zero-order chi connectivity index (χ0) is 4.99. The van der Waals surface area contributed by atoms with Crippen LogP contribution < -0.4 is 0 Å². The van der Waals surface area contributed by atoms with Crippen LogP contribution in [0.3, 0.4) is 0 Å². The van der Waals surface area contributed by atoms with Gasteiger partial charge in [0.05, 0.1) is 0 Å². The van der Waals surface area contributed by atoms with Crippen molar-refractivity contribution in [2.75, 3.05) is 0 Å². The summed E-state index contributed by atoms with van der Waals surface area (Å²) in [5.41, 5.74) is 0. The second-order valence-electron chi connectivity index (χ2n) is 1.64. The maximum atomic E-state index is 2.65. The molecule has 0 nitrogen and oxygen atoms in total. The third kappa shape index (κ3) is 4.56. The fraction of sp³-hybridized carbons (Fsp3) is 1.00. The Morgan fingerprint density at radius 2 is 2.17 bits per heavy atom. The first-order valence-electron chi connectivity index (χ1n) is 2.45. The van der Waals surface area contributed by atoms with Gasteiger partial charge in [-0.1, -0.05) is 0 Å². The van der Waals surface area contributed by atoms with E-state index in [4.69, 9.17) is 0 Å². The van der Waals surface area contributed by atoms with E-state index in [1.54, 1.807) is 0 Å². The predicted molar refractivity (Wildman–Crippen MR) is 30.1 cm³/mol. The molecule has 0 saturated carbocycles. The molecular formula is C5H11As. The van der Waals surface area contributed by atoms with Crippen LogP contribution in [-0.2, 0) is 0 Å². The van der Waals surface area contributed by atoms with Gasteiger partial charge in [0.15, 0.2) is 0 Å². The summed E-state index contributed by atoms with van der Waals surface area (Å²) >= 11 is 2.65. The molecule has 0 rings (SSSR count). The summed E-state index contributed by atoms with van der Waals surface area (Å²) in [4.78, 5) is 0. The monoisotopic (exact) mass is 146 g/mol. The Bertz CT molecular complexity index is 25.1. The molecule has 0 aliphatic carbocycles. The molecule has 0 fully saturated rings. The van der Waals surface area contributed by atoms with Crippen molar-refractivity contribution in [3.63, 3.8) is 0 Å². The van der Waals surface area contributed by atoms with Crippen LogP contribution in [0.2, 0.25) is 4.71 Å². The van der Waals surface area contributed by atoms with Gasteiger partial charge in [0.25, 0.3) is 0 Å². The van der Waals surface area contributed by atoms with Gasteiger partial charge in [0.1, 0.15) is 0 Å². The van der Waals surface area contributed by atoms with Gasteiger partial charge < -0.3 is 0 Å². The fourth-order valence-electron chi connectivity index (χ4n) is 0.418. The van der Waals surface area contributed by atoms with Crippen LogP contribution in [0, 0.1) is 0 Å². The third-order valence-corrected chi connectivity index (χ3v) is 1.25. The molecule has 0 amide bonds. The Kier molecular flexibility index (Phi) is 4.09.